The fourth-order valence-corrected chi connectivity index (χ4v) is 12.2. The number of ether oxygens (including phenoxy) is 4. The molecule has 23 nitrogen and oxygen atoms in total. The Morgan fingerprint density at radius 3 is 1.83 bits per heavy atom. The van der Waals surface area contributed by atoms with Gasteiger partial charge in [0.2, 0.25) is 29.5 Å². The molecular formula is C75H87N9O14. The molecule has 1 fully saturated rings. The second-order valence-electron chi connectivity index (χ2n) is 27.1. The summed E-state index contributed by atoms with van der Waals surface area (Å²) in [6.45, 7) is 14.8. The first-order chi connectivity index (χ1) is 46.7. The SMILES string of the molecule is CC(C)C[C@H](NC(=O)OCC1c2ccccc2-c2ccccc21)C(=O)N[C@H](Cc1ccc(OC(C)(C)C)cc1)C(=O)N1CCC[C@H]1C(=O)N[C@@H](Cc1c[nH]c2ccccc12)C(=O)N[C@H](Cc1ccccc1)C(=O)N[C@@H](CCCNC(=O)OC(C)(C)C)C(=O)Oc1ccc([N+](=O)[O-])cc1. The second-order valence-corrected chi connectivity index (χ2v) is 27.1. The Bertz CT molecular complexity index is 3930. The number of hydrogen-bond acceptors (Lipinski definition) is 14. The highest BCUT2D eigenvalue weighted by Gasteiger charge is 2.41. The first kappa shape index (κ1) is 71.7. The number of nitrogens with one attached hydrogen (secondary N) is 7. The first-order valence-electron chi connectivity index (χ1n) is 33.2. The summed E-state index contributed by atoms with van der Waals surface area (Å²) in [5.74, 6) is -4.27. The molecule has 1 aliphatic heterocycles. The summed E-state index contributed by atoms with van der Waals surface area (Å²) in [6, 6.07) is 36.3. The number of aromatic amines is 1. The predicted molar refractivity (Wildman–Crippen MR) is 369 cm³/mol. The Hall–Kier alpha value is -10.6. The van der Waals surface area contributed by atoms with Gasteiger partial charge in [0.15, 0.2) is 0 Å². The van der Waals surface area contributed by atoms with E-state index in [2.05, 4.69) is 36.9 Å². The molecule has 0 bridgehead atoms. The van der Waals surface area contributed by atoms with Crippen molar-refractivity contribution in [2.24, 2.45) is 5.92 Å². The molecular weight excluding hydrogens is 1250 g/mol. The Morgan fingerprint density at radius 1 is 0.612 bits per heavy atom. The van der Waals surface area contributed by atoms with Gasteiger partial charge in [0.25, 0.3) is 5.69 Å². The number of H-pyrrole nitrogens is 1. The lowest BCUT2D eigenvalue weighted by Crippen LogP contribution is -2.60. The number of para-hydroxylation sites is 1. The molecule has 0 unspecified atom stereocenters. The van der Waals surface area contributed by atoms with E-state index in [4.69, 9.17) is 18.9 Å². The van der Waals surface area contributed by atoms with Crippen LogP contribution in [0.1, 0.15) is 121 Å². The highest BCUT2D eigenvalue weighted by molar-refractivity contribution is 5.98. The number of hydrogen-bond donors (Lipinski definition) is 7. The Morgan fingerprint density at radius 2 is 1.18 bits per heavy atom. The van der Waals surface area contributed by atoms with E-state index in [1.165, 1.54) is 17.0 Å². The molecule has 9 rings (SSSR count). The number of fused-ring (bicyclic) bond motifs is 4. The number of nitro benzene ring substituents is 1. The van der Waals surface area contributed by atoms with Crippen LogP contribution in [0, 0.1) is 16.0 Å². The molecule has 6 atom stereocenters. The van der Waals surface area contributed by atoms with Gasteiger partial charge < -0.3 is 60.7 Å². The number of amides is 7. The number of alkyl carbamates (subject to hydrolysis) is 2. The maximum absolute atomic E-state index is 15.4. The van der Waals surface area contributed by atoms with Gasteiger partial charge in [-0.15, -0.1) is 0 Å². The van der Waals surface area contributed by atoms with Crippen molar-refractivity contribution >= 4 is 64.3 Å². The maximum atomic E-state index is 15.4. The average Bonchev–Trinajstić information content (AvgIpc) is 1.62. The van der Waals surface area contributed by atoms with Crippen molar-refractivity contribution in [2.75, 3.05) is 19.7 Å². The minimum Gasteiger partial charge on any atom is -0.488 e. The number of carbonyl (C=O) groups excluding carboxylic acids is 8. The summed E-state index contributed by atoms with van der Waals surface area (Å²) in [5, 5.41) is 29.2. The molecule has 516 valence electrons. The zero-order chi connectivity index (χ0) is 70.3. The van der Waals surface area contributed by atoms with Gasteiger partial charge in [0.1, 0.15) is 65.6 Å². The van der Waals surface area contributed by atoms with Gasteiger partial charge in [-0.2, -0.15) is 0 Å². The molecule has 6 aromatic carbocycles. The van der Waals surface area contributed by atoms with E-state index in [-0.39, 0.29) is 87.9 Å². The number of aromatic nitrogens is 1. The van der Waals surface area contributed by atoms with Crippen molar-refractivity contribution in [3.63, 3.8) is 0 Å². The van der Waals surface area contributed by atoms with Crippen LogP contribution in [0.4, 0.5) is 15.3 Å². The number of esters is 1. The van der Waals surface area contributed by atoms with E-state index < -0.39 is 100 Å². The van der Waals surface area contributed by atoms with Crippen LogP contribution < -0.4 is 41.4 Å². The van der Waals surface area contributed by atoms with E-state index in [1.807, 2.05) is 107 Å². The summed E-state index contributed by atoms with van der Waals surface area (Å²) in [4.78, 5) is 131. The molecule has 2 aliphatic rings. The molecule has 0 radical (unpaired) electrons. The predicted octanol–water partition coefficient (Wildman–Crippen LogP) is 10.1. The molecule has 7 amide bonds. The van der Waals surface area contributed by atoms with Crippen molar-refractivity contribution in [1.82, 2.24) is 41.8 Å². The number of nitrogens with zero attached hydrogens (tertiary/aromatic N) is 2. The lowest BCUT2D eigenvalue weighted by Gasteiger charge is -2.31. The minimum atomic E-state index is -1.40. The molecule has 98 heavy (non-hydrogen) atoms. The molecule has 1 saturated heterocycles. The first-order valence-corrected chi connectivity index (χ1v) is 33.2. The number of benzene rings is 6. The van der Waals surface area contributed by atoms with E-state index in [1.54, 1.807) is 81.6 Å². The third-order valence-electron chi connectivity index (χ3n) is 16.8. The zero-order valence-corrected chi connectivity index (χ0v) is 56.5. The van der Waals surface area contributed by atoms with Gasteiger partial charge in [-0.1, -0.05) is 123 Å². The van der Waals surface area contributed by atoms with Gasteiger partial charge >= 0.3 is 18.2 Å². The van der Waals surface area contributed by atoms with Gasteiger partial charge in [-0.05, 0) is 149 Å². The van der Waals surface area contributed by atoms with Crippen LogP contribution in [0.3, 0.4) is 0 Å². The molecule has 23 heteroatoms. The number of rotatable bonds is 28. The molecule has 7 aromatic rings. The van der Waals surface area contributed by atoms with Crippen molar-refractivity contribution in [3.8, 4) is 22.6 Å². The van der Waals surface area contributed by atoms with Gasteiger partial charge in [0.05, 0.1) is 4.92 Å². The molecule has 7 N–H and O–H groups in total. The average molecular weight is 1340 g/mol. The Labute approximate surface area is 570 Å². The zero-order valence-electron chi connectivity index (χ0n) is 56.5. The van der Waals surface area contributed by atoms with Crippen molar-refractivity contribution in [1.29, 1.82) is 0 Å². The highest BCUT2D eigenvalue weighted by atomic mass is 16.6. The molecule has 1 aliphatic carbocycles. The molecule has 2 heterocycles. The third-order valence-corrected chi connectivity index (χ3v) is 16.8. The topological polar surface area (TPSA) is 308 Å². The largest absolute Gasteiger partial charge is 0.488 e. The van der Waals surface area contributed by atoms with Crippen molar-refractivity contribution in [3.05, 3.63) is 196 Å². The van der Waals surface area contributed by atoms with E-state index in [0.29, 0.717) is 28.9 Å². The summed E-state index contributed by atoms with van der Waals surface area (Å²) in [5.41, 5.74) is 5.27. The Kier molecular flexibility index (Phi) is 23.7. The van der Waals surface area contributed by atoms with Crippen LogP contribution in [-0.4, -0.2) is 130 Å². The van der Waals surface area contributed by atoms with Gasteiger partial charge in [-0.25, -0.2) is 14.4 Å². The second kappa shape index (κ2) is 32.4. The fourth-order valence-electron chi connectivity index (χ4n) is 12.2. The Balaban J connectivity index is 0.961. The molecule has 0 saturated carbocycles. The number of carbonyl (C=O) groups is 8. The summed E-state index contributed by atoms with van der Waals surface area (Å²) >= 11 is 0. The van der Waals surface area contributed by atoms with Crippen LogP contribution in [0.5, 0.6) is 11.5 Å². The standard InChI is InChI=1S/C75H87N9O14/c1-46(2)40-61(82-73(92)95-45-58-56-25-14-12-23-54(56)55-24-13-15-26-57(55)58)66(85)81-64(42-48-30-34-52(35-31-48)97-74(3,4)5)70(89)83-39-19-29-65(83)69(88)80-63(43-49-44-77-59-27-17-16-22-53(49)59)68(87)79-62(41-47-20-10-9-11-21-47)67(86)78-60(28-18-38-76-72(91)98-75(6,7)8)71(90)96-51-36-32-50(33-37-51)84(93)94/h9-17,20-27,30-37,44,46,58,60-65,77H,18-19,28-29,38-43,45H2,1-8H3,(H,76,91)(H,78,86)(H,79,87)(H,80,88)(H,81,85)(H,82,92)/t60-,61-,62+,63-,64+,65-/m0/s1. The van der Waals surface area contributed by atoms with Crippen LogP contribution in [0.25, 0.3) is 22.0 Å². The van der Waals surface area contributed by atoms with Crippen LogP contribution in [0.15, 0.2) is 158 Å². The monoisotopic (exact) mass is 1340 g/mol. The number of likely N-dealkylation sites (tertiary alicyclic amines) is 1. The van der Waals surface area contributed by atoms with E-state index in [9.17, 15) is 34.1 Å². The minimum absolute atomic E-state index is 0.00505. The number of nitro groups is 1. The highest BCUT2D eigenvalue weighted by Crippen LogP contribution is 2.44. The molecule has 1 aromatic heterocycles. The van der Waals surface area contributed by atoms with Crippen LogP contribution >= 0.6 is 0 Å². The number of non-ortho nitro benzene ring substituents is 1. The summed E-state index contributed by atoms with van der Waals surface area (Å²) in [7, 11) is 0. The van der Waals surface area contributed by atoms with Crippen LogP contribution in [-0.2, 0) is 57.5 Å². The summed E-state index contributed by atoms with van der Waals surface area (Å²) in [6.07, 6.45) is 0.768. The quantitative estimate of drug-likeness (QED) is 0.00789. The van der Waals surface area contributed by atoms with Crippen molar-refractivity contribution in [2.45, 2.75) is 160 Å². The third kappa shape index (κ3) is 19.8. The summed E-state index contributed by atoms with van der Waals surface area (Å²) < 4.78 is 23.0. The smallest absolute Gasteiger partial charge is 0.407 e. The molecule has 0 spiro atoms. The van der Waals surface area contributed by atoms with Gasteiger partial charge in [0, 0.05) is 67.5 Å². The van der Waals surface area contributed by atoms with Crippen molar-refractivity contribution < 1.29 is 62.2 Å². The van der Waals surface area contributed by atoms with E-state index in [0.717, 1.165) is 45.3 Å². The van der Waals surface area contributed by atoms with E-state index >= 15 is 14.4 Å². The maximum Gasteiger partial charge on any atom is 0.407 e. The van der Waals surface area contributed by atoms with Gasteiger partial charge in [-0.3, -0.25) is 34.1 Å². The van der Waals surface area contributed by atoms with Crippen LogP contribution in [0.2, 0.25) is 0 Å². The lowest BCUT2D eigenvalue weighted by molar-refractivity contribution is -0.384. The lowest BCUT2D eigenvalue weighted by atomic mass is 9.98. The fraction of sp³-hybridized carbons (Fsp3) is 0.387. The normalized spacial score (nSPS) is 15.1.